The maximum Gasteiger partial charge on any atom is 0.416 e. The summed E-state index contributed by atoms with van der Waals surface area (Å²) in [6, 6.07) is 2.52. The minimum absolute atomic E-state index is 0.0244. The molecule has 0 saturated heterocycles. The third kappa shape index (κ3) is 2.40. The van der Waals surface area contributed by atoms with Crippen molar-refractivity contribution < 1.29 is 26.7 Å². The second kappa shape index (κ2) is 4.35. The molecule has 1 aliphatic rings. The molecular weight excluding hydrogens is 281 g/mol. The van der Waals surface area contributed by atoms with E-state index in [0.29, 0.717) is 0 Å². The molecule has 0 spiro atoms. The van der Waals surface area contributed by atoms with E-state index in [-0.39, 0.29) is 22.6 Å². The van der Waals surface area contributed by atoms with Gasteiger partial charge in [-0.3, -0.25) is 0 Å². The molecule has 0 amide bonds. The number of aliphatic hydroxyl groups is 1. The lowest BCUT2D eigenvalue weighted by molar-refractivity contribution is -0.137. The molecule has 7 heteroatoms. The fourth-order valence-electron chi connectivity index (χ4n) is 1.95. The van der Waals surface area contributed by atoms with Crippen molar-refractivity contribution in [3.8, 4) is 0 Å². The van der Waals surface area contributed by atoms with E-state index >= 15 is 0 Å². The Hall–Kier alpha value is -1.34. The number of alkyl halides is 3. The number of sulfone groups is 1. The van der Waals surface area contributed by atoms with Crippen molar-refractivity contribution in [2.24, 2.45) is 5.92 Å². The molecule has 1 heterocycles. The Bertz CT molecular complexity index is 645. The fourth-order valence-corrected chi connectivity index (χ4v) is 3.52. The van der Waals surface area contributed by atoms with Crippen molar-refractivity contribution in [3.05, 3.63) is 34.7 Å². The number of fused-ring (bicyclic) bond motifs is 1. The van der Waals surface area contributed by atoms with Crippen molar-refractivity contribution in [1.82, 2.24) is 0 Å². The van der Waals surface area contributed by atoms with Crippen molar-refractivity contribution >= 4 is 15.4 Å². The zero-order chi connectivity index (χ0) is 14.4. The molecule has 1 aliphatic heterocycles. The molecular formula is C12H11F3O3S. The third-order valence-electron chi connectivity index (χ3n) is 3.01. The summed E-state index contributed by atoms with van der Waals surface area (Å²) in [4.78, 5) is -0.143. The standard InChI is InChI=1S/C12H11F3O3S/c1-7(5-16)10-6-19(17,18)11-3-2-8(4-9(10)11)12(13,14)15/h2-4,6-7,16H,5H2,1H3. The Morgan fingerprint density at radius 1 is 1.32 bits per heavy atom. The van der Waals surface area contributed by atoms with Gasteiger partial charge in [-0.15, -0.1) is 0 Å². The zero-order valence-electron chi connectivity index (χ0n) is 9.90. The second-order valence-corrected chi connectivity index (χ2v) is 6.18. The Balaban J connectivity index is 2.65. The van der Waals surface area contributed by atoms with E-state index < -0.39 is 27.5 Å². The molecule has 1 N–H and O–H groups in total. The van der Waals surface area contributed by atoms with Crippen molar-refractivity contribution in [1.29, 1.82) is 0 Å². The lowest BCUT2D eigenvalue weighted by Crippen LogP contribution is -2.08. The van der Waals surface area contributed by atoms with Crippen molar-refractivity contribution in [2.45, 2.75) is 18.0 Å². The van der Waals surface area contributed by atoms with Crippen LogP contribution < -0.4 is 0 Å². The molecule has 0 radical (unpaired) electrons. The van der Waals surface area contributed by atoms with Crippen LogP contribution in [0.3, 0.4) is 0 Å². The summed E-state index contributed by atoms with van der Waals surface area (Å²) < 4.78 is 61.5. The molecule has 1 aromatic carbocycles. The summed E-state index contributed by atoms with van der Waals surface area (Å²) in [5.41, 5.74) is -0.667. The van der Waals surface area contributed by atoms with Crippen LogP contribution in [0.25, 0.3) is 5.57 Å². The van der Waals surface area contributed by atoms with Crippen LogP contribution in [-0.2, 0) is 16.0 Å². The zero-order valence-corrected chi connectivity index (χ0v) is 10.7. The van der Waals surface area contributed by atoms with Crippen LogP contribution in [0, 0.1) is 5.92 Å². The maximum atomic E-state index is 12.6. The number of benzene rings is 1. The first-order chi connectivity index (χ1) is 8.66. The lowest BCUT2D eigenvalue weighted by atomic mass is 9.95. The van der Waals surface area contributed by atoms with Crippen LogP contribution in [0.1, 0.15) is 18.1 Å². The molecule has 1 unspecified atom stereocenters. The topological polar surface area (TPSA) is 54.4 Å². The molecule has 1 aromatic rings. The van der Waals surface area contributed by atoms with Crippen molar-refractivity contribution in [3.63, 3.8) is 0 Å². The molecule has 1 atom stereocenters. The molecule has 104 valence electrons. The average Bonchev–Trinajstić information content (AvgIpc) is 2.59. The molecule has 0 aromatic heterocycles. The first-order valence-electron chi connectivity index (χ1n) is 5.46. The van der Waals surface area contributed by atoms with E-state index in [1.54, 1.807) is 6.92 Å². The summed E-state index contributed by atoms with van der Waals surface area (Å²) >= 11 is 0. The number of halogens is 3. The first-order valence-corrected chi connectivity index (χ1v) is 7.00. The largest absolute Gasteiger partial charge is 0.416 e. The van der Waals surface area contributed by atoms with E-state index in [1.165, 1.54) is 0 Å². The van der Waals surface area contributed by atoms with E-state index in [4.69, 9.17) is 5.11 Å². The van der Waals surface area contributed by atoms with Crippen LogP contribution in [0.4, 0.5) is 13.2 Å². The number of rotatable bonds is 2. The summed E-state index contributed by atoms with van der Waals surface area (Å²) in [6.45, 7) is 1.22. The second-order valence-electron chi connectivity index (χ2n) is 4.41. The highest BCUT2D eigenvalue weighted by Crippen LogP contribution is 2.40. The van der Waals surface area contributed by atoms with Gasteiger partial charge in [-0.05, 0) is 29.3 Å². The minimum atomic E-state index is -4.53. The lowest BCUT2D eigenvalue weighted by Gasteiger charge is -2.13. The van der Waals surface area contributed by atoms with Gasteiger partial charge in [-0.25, -0.2) is 8.42 Å². The highest BCUT2D eigenvalue weighted by molar-refractivity contribution is 7.95. The third-order valence-corrected chi connectivity index (χ3v) is 4.54. The monoisotopic (exact) mass is 292 g/mol. The Morgan fingerprint density at radius 2 is 1.95 bits per heavy atom. The smallest absolute Gasteiger partial charge is 0.396 e. The predicted octanol–water partition coefficient (Wildman–Crippen LogP) is 2.46. The Labute approximate surface area is 108 Å². The average molecular weight is 292 g/mol. The van der Waals surface area contributed by atoms with Gasteiger partial charge in [-0.1, -0.05) is 6.92 Å². The van der Waals surface area contributed by atoms with Gasteiger partial charge < -0.3 is 5.11 Å². The van der Waals surface area contributed by atoms with Crippen molar-refractivity contribution in [2.75, 3.05) is 6.61 Å². The van der Waals surface area contributed by atoms with E-state index in [1.807, 2.05) is 0 Å². The molecule has 3 nitrogen and oxygen atoms in total. The normalized spacial score (nSPS) is 18.9. The van der Waals surface area contributed by atoms with Gasteiger partial charge in [-0.2, -0.15) is 13.2 Å². The predicted molar refractivity (Wildman–Crippen MR) is 62.9 cm³/mol. The summed E-state index contributed by atoms with van der Waals surface area (Å²) in [5, 5.41) is 9.99. The highest BCUT2D eigenvalue weighted by Gasteiger charge is 2.35. The van der Waals surface area contributed by atoms with Gasteiger partial charge in [0.15, 0.2) is 0 Å². The summed E-state index contributed by atoms with van der Waals surface area (Å²) in [5.74, 6) is -0.542. The molecule has 2 rings (SSSR count). The summed E-state index contributed by atoms with van der Waals surface area (Å²) in [7, 11) is -3.71. The van der Waals surface area contributed by atoms with Crippen LogP contribution in [0.2, 0.25) is 0 Å². The molecule has 19 heavy (non-hydrogen) atoms. The number of hydrogen-bond acceptors (Lipinski definition) is 3. The molecule has 0 fully saturated rings. The van der Waals surface area contributed by atoms with Crippen LogP contribution in [-0.4, -0.2) is 20.1 Å². The van der Waals surface area contributed by atoms with Gasteiger partial charge in [0.25, 0.3) is 0 Å². The maximum absolute atomic E-state index is 12.6. The Kier molecular flexibility index (Phi) is 3.22. The molecule has 0 bridgehead atoms. The summed E-state index contributed by atoms with van der Waals surface area (Å²) in [6.07, 6.45) is -4.53. The van der Waals surface area contributed by atoms with E-state index in [2.05, 4.69) is 0 Å². The SMILES string of the molecule is CC(CO)C1=CS(=O)(=O)c2ccc(C(F)(F)F)cc21. The van der Waals surface area contributed by atoms with Gasteiger partial charge in [0.1, 0.15) is 0 Å². The molecule has 0 saturated carbocycles. The van der Waals surface area contributed by atoms with Gasteiger partial charge in [0.2, 0.25) is 9.84 Å². The van der Waals surface area contributed by atoms with Gasteiger partial charge in [0.05, 0.1) is 10.5 Å². The molecule has 0 aliphatic carbocycles. The van der Waals surface area contributed by atoms with Gasteiger partial charge >= 0.3 is 6.18 Å². The number of aliphatic hydroxyl groups excluding tert-OH is 1. The quantitative estimate of drug-likeness (QED) is 0.911. The Morgan fingerprint density at radius 3 is 2.47 bits per heavy atom. The van der Waals surface area contributed by atoms with E-state index in [0.717, 1.165) is 23.6 Å². The van der Waals surface area contributed by atoms with Crippen LogP contribution in [0.15, 0.2) is 28.5 Å². The fraction of sp³-hybridized carbons (Fsp3) is 0.333. The van der Waals surface area contributed by atoms with Crippen LogP contribution >= 0.6 is 0 Å². The minimum Gasteiger partial charge on any atom is -0.396 e. The number of hydrogen-bond donors (Lipinski definition) is 1. The highest BCUT2D eigenvalue weighted by atomic mass is 32.2. The van der Waals surface area contributed by atoms with Gasteiger partial charge in [0, 0.05) is 17.9 Å². The van der Waals surface area contributed by atoms with Crippen LogP contribution in [0.5, 0.6) is 0 Å². The first kappa shape index (κ1) is 14.1. The van der Waals surface area contributed by atoms with E-state index in [9.17, 15) is 21.6 Å².